The summed E-state index contributed by atoms with van der Waals surface area (Å²) < 4.78 is 11.1. The Morgan fingerprint density at radius 2 is 2.00 bits per heavy atom. The fourth-order valence-electron chi connectivity index (χ4n) is 2.60. The Kier molecular flexibility index (Phi) is 5.65. The lowest BCUT2D eigenvalue weighted by Gasteiger charge is -2.12. The maximum absolute atomic E-state index is 12.2. The Bertz CT molecular complexity index is 773. The second kappa shape index (κ2) is 8.30. The first-order valence-corrected chi connectivity index (χ1v) is 8.28. The van der Waals surface area contributed by atoms with E-state index in [1.165, 1.54) is 12.1 Å². The third kappa shape index (κ3) is 4.48. The maximum atomic E-state index is 12.2. The van der Waals surface area contributed by atoms with E-state index in [2.05, 4.69) is 10.9 Å². The van der Waals surface area contributed by atoms with Crippen molar-refractivity contribution in [2.45, 2.75) is 18.9 Å². The van der Waals surface area contributed by atoms with Gasteiger partial charge in [-0.15, -0.1) is 0 Å². The molecule has 1 atom stereocenters. The first kappa shape index (κ1) is 17.7. The Hall–Kier alpha value is -3.13. The molecule has 0 radical (unpaired) electrons. The number of hydrogen-bond acceptors (Lipinski definition) is 6. The number of amides is 1. The molecule has 3 rings (SSSR count). The third-order valence-corrected chi connectivity index (χ3v) is 3.99. The fourth-order valence-corrected chi connectivity index (χ4v) is 2.60. The standard InChI is InChI=1S/C18H19N3O5/c22-18(20-19-16-5-1-2-6-17(16)21(23)24)13-7-9-14(10-8-13)26-12-15-4-3-11-25-15/h1-2,5-10,15,19H,3-4,11-12H2,(H,20,22). The van der Waals surface area contributed by atoms with Crippen LogP contribution < -0.4 is 15.6 Å². The summed E-state index contributed by atoms with van der Waals surface area (Å²) in [5.74, 6) is 0.248. The number of carbonyl (C=O) groups excluding carboxylic acids is 1. The summed E-state index contributed by atoms with van der Waals surface area (Å²) in [6.07, 6.45) is 2.18. The molecule has 1 aliphatic rings. The van der Waals surface area contributed by atoms with E-state index >= 15 is 0 Å². The molecule has 8 nitrogen and oxygen atoms in total. The summed E-state index contributed by atoms with van der Waals surface area (Å²) in [7, 11) is 0. The van der Waals surface area contributed by atoms with Crippen molar-refractivity contribution in [3.8, 4) is 5.75 Å². The topological polar surface area (TPSA) is 103 Å². The monoisotopic (exact) mass is 357 g/mol. The number of carbonyl (C=O) groups is 1. The highest BCUT2D eigenvalue weighted by molar-refractivity contribution is 5.95. The molecule has 26 heavy (non-hydrogen) atoms. The fraction of sp³-hybridized carbons (Fsp3) is 0.278. The minimum Gasteiger partial charge on any atom is -0.491 e. The van der Waals surface area contributed by atoms with Gasteiger partial charge in [-0.25, -0.2) is 0 Å². The molecule has 0 spiro atoms. The van der Waals surface area contributed by atoms with E-state index in [1.54, 1.807) is 36.4 Å². The molecule has 1 amide bonds. The van der Waals surface area contributed by atoms with Gasteiger partial charge in [0.1, 0.15) is 18.0 Å². The van der Waals surface area contributed by atoms with Crippen molar-refractivity contribution in [2.75, 3.05) is 18.6 Å². The number of nitrogens with one attached hydrogen (secondary N) is 2. The van der Waals surface area contributed by atoms with Crippen LogP contribution in [0.15, 0.2) is 48.5 Å². The molecule has 1 fully saturated rings. The van der Waals surface area contributed by atoms with Crippen LogP contribution in [-0.2, 0) is 4.74 Å². The van der Waals surface area contributed by atoms with Gasteiger partial charge in [0.2, 0.25) is 0 Å². The van der Waals surface area contributed by atoms with Crippen molar-refractivity contribution in [3.05, 3.63) is 64.2 Å². The number of benzene rings is 2. The molecule has 136 valence electrons. The average Bonchev–Trinajstić information content (AvgIpc) is 3.18. The average molecular weight is 357 g/mol. The van der Waals surface area contributed by atoms with Gasteiger partial charge >= 0.3 is 0 Å². The molecule has 1 unspecified atom stereocenters. The number of rotatable bonds is 7. The third-order valence-electron chi connectivity index (χ3n) is 3.99. The number of nitro benzene ring substituents is 1. The second-order valence-electron chi connectivity index (χ2n) is 5.82. The second-order valence-corrected chi connectivity index (χ2v) is 5.82. The van der Waals surface area contributed by atoms with Crippen LogP contribution in [0.1, 0.15) is 23.2 Å². The van der Waals surface area contributed by atoms with Crippen LogP contribution in [-0.4, -0.2) is 30.1 Å². The molecule has 2 aromatic carbocycles. The van der Waals surface area contributed by atoms with Crippen LogP contribution in [0.4, 0.5) is 11.4 Å². The largest absolute Gasteiger partial charge is 0.491 e. The van der Waals surface area contributed by atoms with Crippen LogP contribution in [0.5, 0.6) is 5.75 Å². The molecule has 1 aliphatic heterocycles. The summed E-state index contributed by atoms with van der Waals surface area (Å²) in [5, 5.41) is 11.0. The van der Waals surface area contributed by atoms with Gasteiger partial charge in [0.25, 0.3) is 11.6 Å². The summed E-state index contributed by atoms with van der Waals surface area (Å²) in [6.45, 7) is 1.27. The smallest absolute Gasteiger partial charge is 0.294 e. The molecule has 8 heteroatoms. The van der Waals surface area contributed by atoms with E-state index in [0.717, 1.165) is 19.4 Å². The molecular weight excluding hydrogens is 338 g/mol. The molecule has 1 heterocycles. The molecular formula is C18H19N3O5. The Morgan fingerprint density at radius 3 is 2.69 bits per heavy atom. The van der Waals surface area contributed by atoms with E-state index in [4.69, 9.17) is 9.47 Å². The van der Waals surface area contributed by atoms with Gasteiger partial charge in [-0.2, -0.15) is 0 Å². The quantitative estimate of drug-likeness (QED) is 0.583. The molecule has 2 aromatic rings. The summed E-state index contributed by atoms with van der Waals surface area (Å²) in [4.78, 5) is 22.6. The predicted molar refractivity (Wildman–Crippen MR) is 95.1 cm³/mol. The van der Waals surface area contributed by atoms with E-state index in [1.807, 2.05) is 0 Å². The Labute approximate surface area is 150 Å². The van der Waals surface area contributed by atoms with Crippen LogP contribution in [0, 0.1) is 10.1 Å². The lowest BCUT2D eigenvalue weighted by Crippen LogP contribution is -2.29. The lowest BCUT2D eigenvalue weighted by molar-refractivity contribution is -0.384. The normalized spacial score (nSPS) is 16.1. The lowest BCUT2D eigenvalue weighted by atomic mass is 10.2. The molecule has 0 bridgehead atoms. The molecule has 1 saturated heterocycles. The van der Waals surface area contributed by atoms with Crippen LogP contribution >= 0.6 is 0 Å². The van der Waals surface area contributed by atoms with Crippen molar-refractivity contribution in [1.29, 1.82) is 0 Å². The van der Waals surface area contributed by atoms with Crippen molar-refractivity contribution in [1.82, 2.24) is 5.43 Å². The summed E-state index contributed by atoms with van der Waals surface area (Å²) >= 11 is 0. The van der Waals surface area contributed by atoms with Gasteiger partial charge in [0, 0.05) is 18.2 Å². The number of hydrogen-bond donors (Lipinski definition) is 2. The van der Waals surface area contributed by atoms with Crippen LogP contribution in [0.3, 0.4) is 0 Å². The van der Waals surface area contributed by atoms with Gasteiger partial charge in [-0.1, -0.05) is 12.1 Å². The van der Waals surface area contributed by atoms with Crippen molar-refractivity contribution >= 4 is 17.3 Å². The SMILES string of the molecule is O=C(NNc1ccccc1[N+](=O)[O-])c1ccc(OCC2CCCO2)cc1. The zero-order valence-electron chi connectivity index (χ0n) is 14.0. The van der Waals surface area contributed by atoms with Crippen LogP contribution in [0.25, 0.3) is 0 Å². The van der Waals surface area contributed by atoms with E-state index < -0.39 is 10.8 Å². The predicted octanol–water partition coefficient (Wildman–Crippen LogP) is 2.91. The number of nitrogens with zero attached hydrogens (tertiary/aromatic N) is 1. The number of nitro groups is 1. The molecule has 0 saturated carbocycles. The number of anilines is 1. The van der Waals surface area contributed by atoms with Crippen molar-refractivity contribution in [3.63, 3.8) is 0 Å². The van der Waals surface area contributed by atoms with Crippen molar-refractivity contribution < 1.29 is 19.2 Å². The van der Waals surface area contributed by atoms with Gasteiger partial charge in [0.15, 0.2) is 0 Å². The summed E-state index contributed by atoms with van der Waals surface area (Å²) in [6, 6.07) is 12.7. The number of hydrazine groups is 1. The highest BCUT2D eigenvalue weighted by atomic mass is 16.6. The van der Waals surface area contributed by atoms with E-state index in [-0.39, 0.29) is 17.5 Å². The Morgan fingerprint density at radius 1 is 1.23 bits per heavy atom. The summed E-state index contributed by atoms with van der Waals surface area (Å²) in [5.41, 5.74) is 5.53. The molecule has 2 N–H and O–H groups in total. The zero-order chi connectivity index (χ0) is 18.4. The van der Waals surface area contributed by atoms with Crippen molar-refractivity contribution in [2.24, 2.45) is 0 Å². The first-order chi connectivity index (χ1) is 12.6. The van der Waals surface area contributed by atoms with Gasteiger partial charge in [-0.05, 0) is 43.2 Å². The first-order valence-electron chi connectivity index (χ1n) is 8.28. The maximum Gasteiger partial charge on any atom is 0.294 e. The minimum atomic E-state index is -0.519. The van der Waals surface area contributed by atoms with Gasteiger partial charge in [0.05, 0.1) is 11.0 Å². The zero-order valence-corrected chi connectivity index (χ0v) is 14.0. The number of ether oxygens (including phenoxy) is 2. The van der Waals surface area contributed by atoms with E-state index in [0.29, 0.717) is 17.9 Å². The molecule has 0 aromatic heterocycles. The Balaban J connectivity index is 1.54. The highest BCUT2D eigenvalue weighted by Gasteiger charge is 2.16. The van der Waals surface area contributed by atoms with Crippen LogP contribution in [0.2, 0.25) is 0 Å². The highest BCUT2D eigenvalue weighted by Crippen LogP contribution is 2.22. The van der Waals surface area contributed by atoms with Gasteiger partial charge < -0.3 is 9.47 Å². The van der Waals surface area contributed by atoms with E-state index in [9.17, 15) is 14.9 Å². The number of para-hydroxylation sites is 2. The van der Waals surface area contributed by atoms with Gasteiger partial charge in [-0.3, -0.25) is 25.8 Å². The minimum absolute atomic E-state index is 0.120. The molecule has 0 aliphatic carbocycles.